The number of piperazine rings is 1. The molecule has 0 saturated carbocycles. The van der Waals surface area contributed by atoms with Crippen LogP contribution in [0.3, 0.4) is 0 Å². The molecule has 4 aromatic rings. The molecular weight excluding hydrogens is 558 g/mol. The minimum absolute atomic E-state index is 0.124. The van der Waals surface area contributed by atoms with Gasteiger partial charge in [-0.3, -0.25) is 19.3 Å². The number of hydrogen-bond acceptors (Lipinski definition) is 8. The second-order valence-corrected chi connectivity index (χ2v) is 11.2. The fraction of sp³-hybridized carbons (Fsp3) is 0.333. The van der Waals surface area contributed by atoms with Gasteiger partial charge in [0, 0.05) is 50.5 Å². The van der Waals surface area contributed by atoms with Crippen LogP contribution in [0.25, 0.3) is 22.4 Å². The molecule has 4 heterocycles. The molecule has 0 aliphatic carbocycles. The number of pyridine rings is 1. The smallest absolute Gasteiger partial charge is 0.261 e. The summed E-state index contributed by atoms with van der Waals surface area (Å²) in [5.74, 6) is -0.365. The van der Waals surface area contributed by atoms with Gasteiger partial charge >= 0.3 is 0 Å². The Labute approximate surface area is 247 Å². The number of H-pyrrole nitrogens is 2. The quantitative estimate of drug-likeness (QED) is 0.219. The number of hydrogen-bond donors (Lipinski definition) is 4. The van der Waals surface area contributed by atoms with Crippen LogP contribution in [0.4, 0.5) is 5.69 Å². The van der Waals surface area contributed by atoms with Crippen molar-refractivity contribution in [1.29, 1.82) is 0 Å². The number of imidazole rings is 1. The van der Waals surface area contributed by atoms with Gasteiger partial charge in [-0.15, -0.1) is 0 Å². The molecule has 6 rings (SSSR count). The number of nitrogens with zero attached hydrogens (tertiary/aromatic N) is 4. The zero-order valence-corrected chi connectivity index (χ0v) is 23.9. The van der Waals surface area contributed by atoms with Crippen molar-refractivity contribution in [3.63, 3.8) is 0 Å². The monoisotopic (exact) mass is 589 g/mol. The van der Waals surface area contributed by atoms with Crippen LogP contribution in [0.2, 0.25) is 5.02 Å². The normalized spacial score (nSPS) is 16.8. The number of benzene rings is 2. The third kappa shape index (κ3) is 5.56. The number of aliphatic hydroxyl groups excluding tert-OH is 1. The lowest BCUT2D eigenvalue weighted by Gasteiger charge is -2.32. The fourth-order valence-electron chi connectivity index (χ4n) is 5.54. The number of aromatic amines is 2. The van der Waals surface area contributed by atoms with Crippen molar-refractivity contribution in [2.75, 3.05) is 58.2 Å². The first kappa shape index (κ1) is 28.1. The molecule has 1 unspecified atom stereocenters. The molecule has 2 aliphatic rings. The number of carbonyl (C=O) groups is 2. The predicted octanol–water partition coefficient (Wildman–Crippen LogP) is 2.95. The van der Waals surface area contributed by atoms with E-state index in [0.29, 0.717) is 51.4 Å². The highest BCUT2D eigenvalue weighted by Gasteiger charge is 2.36. The van der Waals surface area contributed by atoms with Gasteiger partial charge in [0.25, 0.3) is 17.4 Å². The van der Waals surface area contributed by atoms with E-state index in [2.05, 4.69) is 37.1 Å². The van der Waals surface area contributed by atoms with Crippen LogP contribution in [0, 0.1) is 0 Å². The summed E-state index contributed by atoms with van der Waals surface area (Å²) >= 11 is 6.05. The summed E-state index contributed by atoms with van der Waals surface area (Å²) in [4.78, 5) is 55.7. The van der Waals surface area contributed by atoms with Gasteiger partial charge in [0.1, 0.15) is 11.4 Å². The second-order valence-electron chi connectivity index (χ2n) is 10.8. The van der Waals surface area contributed by atoms with Crippen LogP contribution in [0.1, 0.15) is 38.8 Å². The Morgan fingerprint density at radius 1 is 1.02 bits per heavy atom. The largest absolute Gasteiger partial charge is 0.387 e. The SMILES string of the molecule is CN1CCN(CCCN2C(=O)c3cc4nc(-c5c(NCC(O)c6cccc(Cl)c6)cc[nH]c5=O)[nH]c4cc3C2=O)CC1. The van der Waals surface area contributed by atoms with Crippen molar-refractivity contribution in [2.45, 2.75) is 12.5 Å². The Bertz CT molecular complexity index is 1660. The summed E-state index contributed by atoms with van der Waals surface area (Å²) < 4.78 is 0. The Balaban J connectivity index is 1.19. The molecule has 218 valence electrons. The van der Waals surface area contributed by atoms with Crippen LogP contribution in [-0.2, 0) is 0 Å². The van der Waals surface area contributed by atoms with Crippen LogP contribution in [0.15, 0.2) is 53.5 Å². The highest BCUT2D eigenvalue weighted by atomic mass is 35.5. The van der Waals surface area contributed by atoms with E-state index in [9.17, 15) is 19.5 Å². The van der Waals surface area contributed by atoms with E-state index in [0.717, 1.165) is 32.7 Å². The zero-order chi connectivity index (χ0) is 29.4. The van der Waals surface area contributed by atoms with Gasteiger partial charge in [-0.25, -0.2) is 4.98 Å². The molecule has 1 fully saturated rings. The third-order valence-electron chi connectivity index (χ3n) is 7.94. The molecule has 1 saturated heterocycles. The molecule has 2 aromatic carbocycles. The highest BCUT2D eigenvalue weighted by molar-refractivity contribution is 6.30. The lowest BCUT2D eigenvalue weighted by atomic mass is 10.1. The fourth-order valence-corrected chi connectivity index (χ4v) is 5.74. The van der Waals surface area contributed by atoms with Crippen molar-refractivity contribution in [3.8, 4) is 11.4 Å². The first-order valence-corrected chi connectivity index (χ1v) is 14.4. The van der Waals surface area contributed by atoms with E-state index in [4.69, 9.17) is 11.6 Å². The van der Waals surface area contributed by atoms with Crippen molar-refractivity contribution in [1.82, 2.24) is 29.7 Å². The van der Waals surface area contributed by atoms with E-state index in [1.165, 1.54) is 11.1 Å². The molecule has 11 nitrogen and oxygen atoms in total. The van der Waals surface area contributed by atoms with Crippen molar-refractivity contribution < 1.29 is 14.7 Å². The summed E-state index contributed by atoms with van der Waals surface area (Å²) in [6, 6.07) is 11.9. The van der Waals surface area contributed by atoms with E-state index in [-0.39, 0.29) is 35.3 Å². The number of aromatic nitrogens is 3. The van der Waals surface area contributed by atoms with Crippen molar-refractivity contribution in [3.05, 3.63) is 80.7 Å². The number of imide groups is 1. The number of rotatable bonds is 9. The maximum Gasteiger partial charge on any atom is 0.261 e. The van der Waals surface area contributed by atoms with Gasteiger partial charge < -0.3 is 30.2 Å². The Morgan fingerprint density at radius 2 is 1.79 bits per heavy atom. The number of carbonyl (C=O) groups excluding carboxylic acids is 2. The summed E-state index contributed by atoms with van der Waals surface area (Å²) in [7, 11) is 2.11. The highest BCUT2D eigenvalue weighted by Crippen LogP contribution is 2.30. The first-order chi connectivity index (χ1) is 20.3. The van der Waals surface area contributed by atoms with E-state index in [1.54, 1.807) is 42.5 Å². The van der Waals surface area contributed by atoms with Crippen LogP contribution < -0.4 is 10.9 Å². The van der Waals surface area contributed by atoms with Gasteiger partial charge in [-0.2, -0.15) is 0 Å². The summed E-state index contributed by atoms with van der Waals surface area (Å²) in [6.07, 6.45) is 1.36. The number of halogens is 1. The summed E-state index contributed by atoms with van der Waals surface area (Å²) in [5, 5.41) is 14.3. The van der Waals surface area contributed by atoms with Crippen molar-refractivity contribution >= 4 is 40.1 Å². The number of aliphatic hydroxyl groups is 1. The number of amides is 2. The Kier molecular flexibility index (Phi) is 7.82. The van der Waals surface area contributed by atoms with Crippen LogP contribution in [-0.4, -0.2) is 99.4 Å². The predicted molar refractivity (Wildman–Crippen MR) is 161 cm³/mol. The first-order valence-electron chi connectivity index (χ1n) is 14.0. The number of anilines is 1. The minimum Gasteiger partial charge on any atom is -0.387 e. The summed E-state index contributed by atoms with van der Waals surface area (Å²) in [6.45, 7) is 5.34. The number of fused-ring (bicyclic) bond motifs is 2. The molecule has 0 bridgehead atoms. The lowest BCUT2D eigenvalue weighted by Crippen LogP contribution is -2.45. The van der Waals surface area contributed by atoms with Gasteiger partial charge in [-0.05, 0) is 55.9 Å². The molecule has 2 aliphatic heterocycles. The van der Waals surface area contributed by atoms with E-state index < -0.39 is 6.10 Å². The molecule has 0 radical (unpaired) electrons. The average molecular weight is 590 g/mol. The summed E-state index contributed by atoms with van der Waals surface area (Å²) in [5.41, 5.74) is 2.61. The topological polar surface area (TPSA) is 138 Å². The molecule has 0 spiro atoms. The molecule has 2 amide bonds. The van der Waals surface area contributed by atoms with E-state index >= 15 is 0 Å². The van der Waals surface area contributed by atoms with Crippen molar-refractivity contribution in [2.24, 2.45) is 0 Å². The van der Waals surface area contributed by atoms with E-state index in [1.807, 2.05) is 0 Å². The molecule has 12 heteroatoms. The molecular formula is C30H32ClN7O4. The molecule has 42 heavy (non-hydrogen) atoms. The molecule has 1 atom stereocenters. The third-order valence-corrected chi connectivity index (χ3v) is 8.18. The Morgan fingerprint density at radius 3 is 2.55 bits per heavy atom. The zero-order valence-electron chi connectivity index (χ0n) is 23.2. The minimum atomic E-state index is -0.865. The second kappa shape index (κ2) is 11.7. The number of nitrogens with one attached hydrogen (secondary N) is 3. The molecule has 4 N–H and O–H groups in total. The van der Waals surface area contributed by atoms with Gasteiger partial charge in [0.05, 0.1) is 34.0 Å². The lowest BCUT2D eigenvalue weighted by molar-refractivity contribution is 0.0643. The maximum atomic E-state index is 13.2. The van der Waals surface area contributed by atoms with Crippen LogP contribution >= 0.6 is 11.6 Å². The van der Waals surface area contributed by atoms with Crippen LogP contribution in [0.5, 0.6) is 0 Å². The number of likely N-dealkylation sites (N-methyl/N-ethyl adjacent to an activating group) is 1. The van der Waals surface area contributed by atoms with Gasteiger partial charge in [0.15, 0.2) is 0 Å². The molecule has 2 aromatic heterocycles. The standard InChI is InChI=1S/C30H32ClN7O4/c1-36-10-12-37(13-11-36)8-3-9-38-29(41)20-15-23-24(16-21(20)30(38)42)35-27(34-23)26-22(6-7-32-28(26)40)33-17-25(39)18-4-2-5-19(31)14-18/h2,4-7,14-16,25,39H,3,8-13,17H2,1H3,(H,34,35)(H2,32,33,40). The Hall–Kier alpha value is -4.03. The van der Waals surface area contributed by atoms with Gasteiger partial charge in [0.2, 0.25) is 0 Å². The maximum absolute atomic E-state index is 13.2. The van der Waals surface area contributed by atoms with Gasteiger partial charge in [-0.1, -0.05) is 23.7 Å². The average Bonchev–Trinajstić information content (AvgIpc) is 3.49.